The second-order valence-electron chi connectivity index (χ2n) is 3.35. The van der Waals surface area contributed by atoms with Crippen LogP contribution in [-0.2, 0) is 9.53 Å². The van der Waals surface area contributed by atoms with E-state index >= 15 is 0 Å². The summed E-state index contributed by atoms with van der Waals surface area (Å²) in [5, 5.41) is 2.95. The maximum atomic E-state index is 10.4. The van der Waals surface area contributed by atoms with Crippen molar-refractivity contribution in [2.45, 2.75) is 6.10 Å². The van der Waals surface area contributed by atoms with Crippen molar-refractivity contribution >= 4 is 5.91 Å². The van der Waals surface area contributed by atoms with Crippen molar-refractivity contribution in [3.8, 4) is 0 Å². The van der Waals surface area contributed by atoms with Gasteiger partial charge in [0.25, 0.3) is 0 Å². The number of rotatable bonds is 4. The van der Waals surface area contributed by atoms with Gasteiger partial charge in [0, 0.05) is 19.6 Å². The van der Waals surface area contributed by atoms with Crippen LogP contribution < -0.4 is 11.1 Å². The van der Waals surface area contributed by atoms with Crippen LogP contribution in [0, 0.1) is 0 Å². The molecular formula is C8H17N3O2. The molecule has 1 aliphatic rings. The summed E-state index contributed by atoms with van der Waals surface area (Å²) in [7, 11) is 2.06. The van der Waals surface area contributed by atoms with Crippen LogP contribution in [-0.4, -0.2) is 56.7 Å². The molecule has 76 valence electrons. The number of morpholine rings is 1. The molecule has 1 rings (SSSR count). The van der Waals surface area contributed by atoms with Gasteiger partial charge in [0.2, 0.25) is 5.91 Å². The molecular weight excluding hydrogens is 170 g/mol. The maximum Gasteiger partial charge on any atom is 0.231 e. The van der Waals surface area contributed by atoms with Crippen LogP contribution in [0.25, 0.3) is 0 Å². The van der Waals surface area contributed by atoms with Crippen LogP contribution in [0.1, 0.15) is 0 Å². The third-order valence-corrected chi connectivity index (χ3v) is 2.01. The molecule has 5 heteroatoms. The van der Waals surface area contributed by atoms with Gasteiger partial charge in [0.05, 0.1) is 19.3 Å². The number of carbonyl (C=O) groups excluding carboxylic acids is 1. The molecule has 1 saturated heterocycles. The standard InChI is InChI=1S/C8H17N3O2/c1-11-2-3-13-7(6-11)4-10-5-8(9)12/h7,10H,2-6H2,1H3,(H2,9,12). The normalized spacial score (nSPS) is 24.5. The highest BCUT2D eigenvalue weighted by Crippen LogP contribution is 2.00. The summed E-state index contributed by atoms with van der Waals surface area (Å²) < 4.78 is 5.47. The number of primary amides is 1. The fourth-order valence-corrected chi connectivity index (χ4v) is 1.35. The minimum absolute atomic E-state index is 0.179. The average molecular weight is 187 g/mol. The Morgan fingerprint density at radius 2 is 2.54 bits per heavy atom. The number of likely N-dealkylation sites (N-methyl/N-ethyl adjacent to an activating group) is 1. The van der Waals surface area contributed by atoms with Crippen molar-refractivity contribution in [2.24, 2.45) is 5.73 Å². The number of hydrogen-bond acceptors (Lipinski definition) is 4. The first kappa shape index (κ1) is 10.4. The number of ether oxygens (including phenoxy) is 1. The van der Waals surface area contributed by atoms with Crippen molar-refractivity contribution in [3.63, 3.8) is 0 Å². The van der Waals surface area contributed by atoms with Crippen LogP contribution in [0.15, 0.2) is 0 Å². The first-order valence-corrected chi connectivity index (χ1v) is 4.47. The Labute approximate surface area is 78.2 Å². The van der Waals surface area contributed by atoms with Gasteiger partial charge in [-0.1, -0.05) is 0 Å². The lowest BCUT2D eigenvalue weighted by molar-refractivity contribution is -0.117. The van der Waals surface area contributed by atoms with E-state index in [0.717, 1.165) is 19.7 Å². The summed E-state index contributed by atoms with van der Waals surface area (Å²) >= 11 is 0. The van der Waals surface area contributed by atoms with E-state index in [2.05, 4.69) is 17.3 Å². The monoisotopic (exact) mass is 187 g/mol. The number of amides is 1. The fourth-order valence-electron chi connectivity index (χ4n) is 1.35. The van der Waals surface area contributed by atoms with Gasteiger partial charge in [-0.3, -0.25) is 4.79 Å². The smallest absolute Gasteiger partial charge is 0.231 e. The first-order valence-electron chi connectivity index (χ1n) is 4.47. The van der Waals surface area contributed by atoms with Crippen molar-refractivity contribution in [1.82, 2.24) is 10.2 Å². The molecule has 3 N–H and O–H groups in total. The maximum absolute atomic E-state index is 10.4. The summed E-state index contributed by atoms with van der Waals surface area (Å²) in [5.41, 5.74) is 4.98. The summed E-state index contributed by atoms with van der Waals surface area (Å²) in [5.74, 6) is -0.329. The zero-order valence-corrected chi connectivity index (χ0v) is 7.95. The third kappa shape index (κ3) is 4.21. The van der Waals surface area contributed by atoms with Gasteiger partial charge in [-0.15, -0.1) is 0 Å². The molecule has 0 spiro atoms. The Morgan fingerprint density at radius 1 is 1.77 bits per heavy atom. The summed E-state index contributed by atoms with van der Waals surface area (Å²) in [4.78, 5) is 12.6. The Bertz CT molecular complexity index is 175. The van der Waals surface area contributed by atoms with Gasteiger partial charge in [-0.25, -0.2) is 0 Å². The Morgan fingerprint density at radius 3 is 3.15 bits per heavy atom. The van der Waals surface area contributed by atoms with Crippen molar-refractivity contribution in [2.75, 3.05) is 39.8 Å². The van der Waals surface area contributed by atoms with Crippen molar-refractivity contribution in [1.29, 1.82) is 0 Å². The summed E-state index contributed by atoms with van der Waals surface area (Å²) in [6, 6.07) is 0. The number of nitrogens with two attached hydrogens (primary N) is 1. The molecule has 0 bridgehead atoms. The minimum Gasteiger partial charge on any atom is -0.374 e. The number of carbonyl (C=O) groups is 1. The van der Waals surface area contributed by atoms with Crippen LogP contribution in [0.3, 0.4) is 0 Å². The molecule has 1 aliphatic heterocycles. The predicted molar refractivity (Wildman–Crippen MR) is 49.3 cm³/mol. The zero-order valence-electron chi connectivity index (χ0n) is 7.95. The van der Waals surface area contributed by atoms with E-state index in [-0.39, 0.29) is 18.6 Å². The number of hydrogen-bond donors (Lipinski definition) is 2. The quantitative estimate of drug-likeness (QED) is 0.556. The summed E-state index contributed by atoms with van der Waals surface area (Å²) in [6.07, 6.45) is 0.179. The third-order valence-electron chi connectivity index (χ3n) is 2.01. The largest absolute Gasteiger partial charge is 0.374 e. The summed E-state index contributed by atoms with van der Waals surface area (Å²) in [6.45, 7) is 3.56. The van der Waals surface area contributed by atoms with E-state index in [4.69, 9.17) is 10.5 Å². The fraction of sp³-hybridized carbons (Fsp3) is 0.875. The van der Waals surface area contributed by atoms with Crippen molar-refractivity contribution in [3.05, 3.63) is 0 Å². The molecule has 0 radical (unpaired) electrons. The highest BCUT2D eigenvalue weighted by molar-refractivity contribution is 5.75. The number of nitrogens with zero attached hydrogens (tertiary/aromatic N) is 1. The van der Waals surface area contributed by atoms with E-state index in [9.17, 15) is 4.79 Å². The Balaban J connectivity index is 2.10. The molecule has 5 nitrogen and oxygen atoms in total. The van der Waals surface area contributed by atoms with Crippen LogP contribution in [0.4, 0.5) is 0 Å². The second kappa shape index (κ2) is 5.16. The van der Waals surface area contributed by atoms with Crippen LogP contribution >= 0.6 is 0 Å². The van der Waals surface area contributed by atoms with Gasteiger partial charge in [-0.05, 0) is 7.05 Å². The zero-order chi connectivity index (χ0) is 9.68. The molecule has 1 amide bonds. The van der Waals surface area contributed by atoms with Crippen molar-refractivity contribution < 1.29 is 9.53 Å². The molecule has 0 aliphatic carbocycles. The van der Waals surface area contributed by atoms with E-state index < -0.39 is 0 Å². The highest BCUT2D eigenvalue weighted by Gasteiger charge is 2.16. The van der Waals surface area contributed by atoms with Gasteiger partial charge in [-0.2, -0.15) is 0 Å². The highest BCUT2D eigenvalue weighted by atomic mass is 16.5. The first-order chi connectivity index (χ1) is 6.18. The molecule has 1 atom stereocenters. The SMILES string of the molecule is CN1CCOC(CNCC(N)=O)C1. The topological polar surface area (TPSA) is 67.6 Å². The lowest BCUT2D eigenvalue weighted by Gasteiger charge is -2.30. The average Bonchev–Trinajstić information content (AvgIpc) is 2.03. The van der Waals surface area contributed by atoms with Gasteiger partial charge in [0.1, 0.15) is 0 Å². The van der Waals surface area contributed by atoms with Gasteiger partial charge in [0.15, 0.2) is 0 Å². The van der Waals surface area contributed by atoms with E-state index in [1.165, 1.54) is 0 Å². The Kier molecular flexibility index (Phi) is 4.14. The van der Waals surface area contributed by atoms with E-state index in [1.807, 2.05) is 0 Å². The van der Waals surface area contributed by atoms with E-state index in [0.29, 0.717) is 6.54 Å². The second-order valence-corrected chi connectivity index (χ2v) is 3.35. The minimum atomic E-state index is -0.329. The lowest BCUT2D eigenvalue weighted by atomic mass is 10.3. The Hall–Kier alpha value is -0.650. The number of nitrogens with one attached hydrogen (secondary N) is 1. The molecule has 1 fully saturated rings. The van der Waals surface area contributed by atoms with Gasteiger partial charge < -0.3 is 20.7 Å². The van der Waals surface area contributed by atoms with Crippen LogP contribution in [0.2, 0.25) is 0 Å². The predicted octanol–water partition coefficient (Wildman–Crippen LogP) is -1.61. The molecule has 1 heterocycles. The van der Waals surface area contributed by atoms with Crippen LogP contribution in [0.5, 0.6) is 0 Å². The molecule has 0 saturated carbocycles. The molecule has 1 unspecified atom stereocenters. The van der Waals surface area contributed by atoms with E-state index in [1.54, 1.807) is 0 Å². The molecule has 0 aromatic carbocycles. The molecule has 0 aromatic rings. The molecule has 0 aromatic heterocycles. The van der Waals surface area contributed by atoms with Gasteiger partial charge >= 0.3 is 0 Å². The molecule has 13 heavy (non-hydrogen) atoms. The lowest BCUT2D eigenvalue weighted by Crippen LogP contribution is -2.46.